The highest BCUT2D eigenvalue weighted by Gasteiger charge is 2.31. The van der Waals surface area contributed by atoms with Crippen LogP contribution in [0.15, 0.2) is 54.3 Å². The van der Waals surface area contributed by atoms with E-state index in [9.17, 15) is 9.90 Å². The number of hydrogen-bond donors (Lipinski definition) is 3. The Kier molecular flexibility index (Phi) is 4.80. The normalized spacial score (nSPS) is 15.2. The van der Waals surface area contributed by atoms with E-state index in [1.807, 2.05) is 38.1 Å². The molecule has 1 unspecified atom stereocenters. The van der Waals surface area contributed by atoms with Gasteiger partial charge in [0.15, 0.2) is 0 Å². The summed E-state index contributed by atoms with van der Waals surface area (Å²) >= 11 is 0. The predicted molar refractivity (Wildman–Crippen MR) is 112 cm³/mol. The molecule has 0 fully saturated rings. The lowest BCUT2D eigenvalue weighted by molar-refractivity contribution is 0.0334. The highest BCUT2D eigenvalue weighted by atomic mass is 16.5. The highest BCUT2D eigenvalue weighted by Crippen LogP contribution is 2.31. The second-order valence-electron chi connectivity index (χ2n) is 7.03. The average Bonchev–Trinajstić information content (AvgIpc) is 3.27. The van der Waals surface area contributed by atoms with Crippen LogP contribution in [0.4, 0.5) is 5.69 Å². The lowest BCUT2D eigenvalue weighted by atomic mass is 10.1. The first-order valence-electron chi connectivity index (χ1n) is 9.52. The number of para-hydroxylation sites is 2. The van der Waals surface area contributed by atoms with E-state index >= 15 is 0 Å². The molecule has 4 rings (SSSR count). The molecule has 2 heterocycles. The number of aromatic nitrogens is 2. The fraction of sp³-hybridized carbons (Fsp3) is 0.227. The zero-order chi connectivity index (χ0) is 20.5. The number of rotatable bonds is 5. The summed E-state index contributed by atoms with van der Waals surface area (Å²) in [7, 11) is 0. The van der Waals surface area contributed by atoms with Crippen LogP contribution in [0.2, 0.25) is 0 Å². The Bertz CT molecular complexity index is 1100. The third-order valence-corrected chi connectivity index (χ3v) is 5.01. The van der Waals surface area contributed by atoms with Gasteiger partial charge < -0.3 is 19.7 Å². The molecular weight excluding hydrogens is 368 g/mol. The van der Waals surface area contributed by atoms with Crippen molar-refractivity contribution in [1.29, 1.82) is 5.41 Å². The largest absolute Gasteiger partial charge is 0.509 e. The van der Waals surface area contributed by atoms with Crippen LogP contribution in [-0.4, -0.2) is 39.5 Å². The fourth-order valence-corrected chi connectivity index (χ4v) is 3.25. The van der Waals surface area contributed by atoms with Crippen LogP contribution < -0.4 is 4.90 Å². The molecule has 1 aliphatic heterocycles. The number of ether oxygens (including phenoxy) is 1. The van der Waals surface area contributed by atoms with Crippen molar-refractivity contribution in [2.24, 2.45) is 0 Å². The molecule has 0 bridgehead atoms. The molecule has 3 aromatic rings. The molecule has 3 N–H and O–H groups in total. The minimum atomic E-state index is -0.401. The molecule has 0 aliphatic carbocycles. The standard InChI is InChI=1S/C22H22N4O3/c1-3-13(2)29-22(28)14-7-6-8-15(11-14)26-12-18(27)19(20(26)23)21-24-16-9-4-5-10-17(16)25-21/h4-11,13,23,27H,3,12H2,1-2H3,(H,24,25). The van der Waals surface area contributed by atoms with Crippen LogP contribution in [0.3, 0.4) is 0 Å². The number of H-pyrrole nitrogens is 1. The van der Waals surface area contributed by atoms with Gasteiger partial charge in [0.05, 0.1) is 34.8 Å². The monoisotopic (exact) mass is 390 g/mol. The molecule has 0 saturated carbocycles. The third kappa shape index (κ3) is 3.47. The van der Waals surface area contributed by atoms with E-state index in [2.05, 4.69) is 9.97 Å². The maximum atomic E-state index is 12.3. The van der Waals surface area contributed by atoms with Crippen molar-refractivity contribution < 1.29 is 14.6 Å². The van der Waals surface area contributed by atoms with Crippen LogP contribution in [0.25, 0.3) is 16.6 Å². The summed E-state index contributed by atoms with van der Waals surface area (Å²) in [6, 6.07) is 14.4. The van der Waals surface area contributed by atoms with Crippen molar-refractivity contribution in [1.82, 2.24) is 9.97 Å². The minimum absolute atomic E-state index is 0.0571. The van der Waals surface area contributed by atoms with Crippen molar-refractivity contribution in [3.8, 4) is 0 Å². The maximum Gasteiger partial charge on any atom is 0.338 e. The Morgan fingerprint density at radius 2 is 2.10 bits per heavy atom. The zero-order valence-electron chi connectivity index (χ0n) is 16.3. The number of hydrogen-bond acceptors (Lipinski definition) is 5. The van der Waals surface area contributed by atoms with Gasteiger partial charge in [-0.15, -0.1) is 0 Å². The lowest BCUT2D eigenvalue weighted by Crippen LogP contribution is -2.26. The number of fused-ring (bicyclic) bond motifs is 1. The highest BCUT2D eigenvalue weighted by molar-refractivity contribution is 6.30. The molecule has 148 valence electrons. The van der Waals surface area contributed by atoms with Gasteiger partial charge >= 0.3 is 5.97 Å². The van der Waals surface area contributed by atoms with Crippen LogP contribution in [0.5, 0.6) is 0 Å². The molecule has 0 saturated heterocycles. The van der Waals surface area contributed by atoms with Crippen LogP contribution in [0, 0.1) is 5.41 Å². The molecule has 29 heavy (non-hydrogen) atoms. The van der Waals surface area contributed by atoms with E-state index in [0.717, 1.165) is 17.5 Å². The number of aliphatic hydroxyl groups excluding tert-OH is 1. The first-order valence-corrected chi connectivity index (χ1v) is 9.52. The van der Waals surface area contributed by atoms with E-state index in [-0.39, 0.29) is 24.2 Å². The van der Waals surface area contributed by atoms with Gasteiger partial charge in [0.1, 0.15) is 17.4 Å². The number of carbonyl (C=O) groups is 1. The summed E-state index contributed by atoms with van der Waals surface area (Å²) in [5.41, 5.74) is 3.00. The van der Waals surface area contributed by atoms with Crippen molar-refractivity contribution in [2.75, 3.05) is 11.4 Å². The van der Waals surface area contributed by atoms with Crippen LogP contribution in [-0.2, 0) is 4.74 Å². The SMILES string of the molecule is CCC(C)OC(=O)c1cccc(N2CC(O)=C(c3nc4ccccc4[nH]3)C2=N)c1. The number of nitrogens with zero attached hydrogens (tertiary/aromatic N) is 2. The fourth-order valence-electron chi connectivity index (χ4n) is 3.25. The Labute approximate surface area is 168 Å². The third-order valence-electron chi connectivity index (χ3n) is 5.01. The van der Waals surface area contributed by atoms with Gasteiger partial charge in [0.25, 0.3) is 0 Å². The Balaban J connectivity index is 1.61. The smallest absolute Gasteiger partial charge is 0.338 e. The molecule has 2 aromatic carbocycles. The van der Waals surface area contributed by atoms with Crippen molar-refractivity contribution in [3.05, 3.63) is 65.7 Å². The van der Waals surface area contributed by atoms with E-state index < -0.39 is 5.97 Å². The van der Waals surface area contributed by atoms with Gasteiger partial charge in [-0.3, -0.25) is 5.41 Å². The van der Waals surface area contributed by atoms with E-state index in [1.54, 1.807) is 29.2 Å². The van der Waals surface area contributed by atoms with Gasteiger partial charge in [-0.1, -0.05) is 25.1 Å². The lowest BCUT2D eigenvalue weighted by Gasteiger charge is -2.19. The number of imidazole rings is 1. The number of esters is 1. The second kappa shape index (κ2) is 7.43. The number of benzene rings is 2. The van der Waals surface area contributed by atoms with Gasteiger partial charge in [0, 0.05) is 5.69 Å². The summed E-state index contributed by atoms with van der Waals surface area (Å²) in [6.45, 7) is 3.93. The number of anilines is 1. The van der Waals surface area contributed by atoms with E-state index in [1.165, 1.54) is 0 Å². The average molecular weight is 390 g/mol. The van der Waals surface area contributed by atoms with Crippen LogP contribution >= 0.6 is 0 Å². The summed E-state index contributed by atoms with van der Waals surface area (Å²) in [5, 5.41) is 19.1. The number of carbonyl (C=O) groups excluding carboxylic acids is 1. The quantitative estimate of drug-likeness (QED) is 0.564. The summed E-state index contributed by atoms with van der Waals surface area (Å²) in [4.78, 5) is 21.6. The Morgan fingerprint density at radius 1 is 1.31 bits per heavy atom. The second-order valence-corrected chi connectivity index (χ2v) is 7.03. The molecule has 1 aromatic heterocycles. The topological polar surface area (TPSA) is 102 Å². The van der Waals surface area contributed by atoms with Gasteiger partial charge in [-0.2, -0.15) is 0 Å². The van der Waals surface area contributed by atoms with E-state index in [0.29, 0.717) is 22.6 Å². The number of nitrogens with one attached hydrogen (secondary N) is 2. The minimum Gasteiger partial charge on any atom is -0.509 e. The zero-order valence-corrected chi connectivity index (χ0v) is 16.3. The molecular formula is C22H22N4O3. The van der Waals surface area contributed by atoms with Crippen molar-refractivity contribution >= 4 is 34.1 Å². The van der Waals surface area contributed by atoms with Crippen molar-refractivity contribution in [2.45, 2.75) is 26.4 Å². The van der Waals surface area contributed by atoms with Gasteiger partial charge in [0.2, 0.25) is 0 Å². The van der Waals surface area contributed by atoms with Crippen molar-refractivity contribution in [3.63, 3.8) is 0 Å². The molecule has 1 atom stereocenters. The summed E-state index contributed by atoms with van der Waals surface area (Å²) in [6.07, 6.45) is 0.572. The van der Waals surface area contributed by atoms with Crippen LogP contribution in [0.1, 0.15) is 36.5 Å². The molecule has 7 heteroatoms. The molecule has 7 nitrogen and oxygen atoms in total. The molecule has 0 amide bonds. The maximum absolute atomic E-state index is 12.3. The van der Waals surface area contributed by atoms with Gasteiger partial charge in [-0.25, -0.2) is 9.78 Å². The Morgan fingerprint density at radius 3 is 2.86 bits per heavy atom. The predicted octanol–water partition coefficient (Wildman–Crippen LogP) is 4.28. The van der Waals surface area contributed by atoms with E-state index in [4.69, 9.17) is 10.1 Å². The first kappa shape index (κ1) is 18.7. The number of aliphatic hydroxyl groups is 1. The number of aromatic amines is 1. The Hall–Kier alpha value is -3.61. The van der Waals surface area contributed by atoms with Gasteiger partial charge in [-0.05, 0) is 43.7 Å². The molecule has 1 aliphatic rings. The molecule has 0 radical (unpaired) electrons. The summed E-state index contributed by atoms with van der Waals surface area (Å²) in [5.74, 6) is 0.223. The first-order chi connectivity index (χ1) is 14.0. The molecule has 0 spiro atoms. The number of amidine groups is 1. The summed E-state index contributed by atoms with van der Waals surface area (Å²) < 4.78 is 5.39.